The van der Waals surface area contributed by atoms with Crippen molar-refractivity contribution in [2.75, 3.05) is 17.1 Å². The number of hydrogen-bond donors (Lipinski definition) is 2. The summed E-state index contributed by atoms with van der Waals surface area (Å²) in [6.07, 6.45) is 0. The van der Waals surface area contributed by atoms with Gasteiger partial charge in [-0.15, -0.1) is 0 Å². The van der Waals surface area contributed by atoms with Gasteiger partial charge in [0.25, 0.3) is 15.9 Å². The fraction of sp³-hybridized carbons (Fsp3) is 0.0417. The van der Waals surface area contributed by atoms with Crippen LogP contribution in [0.1, 0.15) is 10.4 Å². The number of fused-ring (bicyclic) bond motifs is 1. The van der Waals surface area contributed by atoms with Crippen LogP contribution in [-0.4, -0.2) is 21.4 Å². The molecule has 4 aromatic carbocycles. The molecule has 0 radical (unpaired) electrons. The first-order valence-corrected chi connectivity index (χ1v) is 11.1. The predicted molar refractivity (Wildman–Crippen MR) is 122 cm³/mol. The van der Waals surface area contributed by atoms with Crippen LogP contribution in [0.3, 0.4) is 0 Å². The second kappa shape index (κ2) is 8.68. The summed E-state index contributed by atoms with van der Waals surface area (Å²) < 4.78 is 45.9. The molecule has 0 aliphatic heterocycles. The van der Waals surface area contributed by atoms with E-state index in [1.807, 2.05) is 24.3 Å². The summed E-state index contributed by atoms with van der Waals surface area (Å²) in [6, 6.07) is 21.9. The molecule has 0 spiro atoms. The molecule has 0 aliphatic rings. The van der Waals surface area contributed by atoms with Gasteiger partial charge in [-0.1, -0.05) is 24.3 Å². The Morgan fingerprint density at radius 3 is 2.06 bits per heavy atom. The zero-order valence-corrected chi connectivity index (χ0v) is 17.8. The molecule has 4 aromatic rings. The van der Waals surface area contributed by atoms with E-state index in [-0.39, 0.29) is 16.5 Å². The third-order valence-electron chi connectivity index (χ3n) is 4.83. The molecule has 6 nitrogen and oxygen atoms in total. The fourth-order valence-corrected chi connectivity index (χ4v) is 4.27. The van der Waals surface area contributed by atoms with Crippen molar-refractivity contribution in [1.29, 1.82) is 0 Å². The Hall–Kier alpha value is -3.91. The van der Waals surface area contributed by atoms with Crippen LogP contribution in [0.5, 0.6) is 5.75 Å². The Kier molecular flexibility index (Phi) is 5.79. The number of halogens is 1. The highest BCUT2D eigenvalue weighted by molar-refractivity contribution is 7.92. The molecule has 0 unspecified atom stereocenters. The molecule has 0 aromatic heterocycles. The third-order valence-corrected chi connectivity index (χ3v) is 6.23. The van der Waals surface area contributed by atoms with E-state index in [1.54, 1.807) is 12.1 Å². The summed E-state index contributed by atoms with van der Waals surface area (Å²) in [7, 11) is -2.37. The number of methoxy groups -OCH3 is 1. The average Bonchev–Trinajstić information content (AvgIpc) is 2.80. The van der Waals surface area contributed by atoms with Gasteiger partial charge >= 0.3 is 0 Å². The molecule has 4 rings (SSSR count). The summed E-state index contributed by atoms with van der Waals surface area (Å²) in [5.41, 5.74) is 1.03. The number of rotatable bonds is 6. The van der Waals surface area contributed by atoms with Crippen molar-refractivity contribution in [2.45, 2.75) is 4.90 Å². The normalized spacial score (nSPS) is 11.2. The molecule has 0 atom stereocenters. The topological polar surface area (TPSA) is 84.5 Å². The van der Waals surface area contributed by atoms with Crippen LogP contribution in [0.15, 0.2) is 89.8 Å². The first kappa shape index (κ1) is 21.3. The number of carbonyl (C=O) groups is 1. The van der Waals surface area contributed by atoms with Gasteiger partial charge in [0, 0.05) is 11.4 Å². The highest BCUT2D eigenvalue weighted by atomic mass is 32.2. The molecular formula is C24H19FN2O4S. The monoisotopic (exact) mass is 450 g/mol. The Labute approximate surface area is 184 Å². The van der Waals surface area contributed by atoms with Gasteiger partial charge in [-0.2, -0.15) is 0 Å². The van der Waals surface area contributed by atoms with Gasteiger partial charge in [0.15, 0.2) is 0 Å². The van der Waals surface area contributed by atoms with Crippen molar-refractivity contribution in [3.05, 3.63) is 96.3 Å². The largest absolute Gasteiger partial charge is 0.496 e. The van der Waals surface area contributed by atoms with Crippen LogP contribution in [0.2, 0.25) is 0 Å². The van der Waals surface area contributed by atoms with E-state index >= 15 is 0 Å². The lowest BCUT2D eigenvalue weighted by atomic mass is 10.1. The number of nitrogens with one attached hydrogen (secondary N) is 2. The van der Waals surface area contributed by atoms with Gasteiger partial charge in [-0.3, -0.25) is 9.52 Å². The fourth-order valence-electron chi connectivity index (χ4n) is 3.21. The van der Waals surface area contributed by atoms with Gasteiger partial charge in [0.1, 0.15) is 11.6 Å². The van der Waals surface area contributed by atoms with Crippen LogP contribution in [0, 0.1) is 5.82 Å². The van der Waals surface area contributed by atoms with Crippen molar-refractivity contribution in [1.82, 2.24) is 0 Å². The first-order chi connectivity index (χ1) is 15.4. The maximum Gasteiger partial charge on any atom is 0.261 e. The number of ether oxygens (including phenoxy) is 1. The van der Waals surface area contributed by atoms with E-state index < -0.39 is 15.8 Å². The number of benzene rings is 4. The van der Waals surface area contributed by atoms with Crippen molar-refractivity contribution in [3.8, 4) is 5.75 Å². The first-order valence-electron chi connectivity index (χ1n) is 9.62. The molecule has 0 saturated heterocycles. The molecular weight excluding hydrogens is 431 g/mol. The number of sulfonamides is 1. The van der Waals surface area contributed by atoms with Crippen LogP contribution < -0.4 is 14.8 Å². The van der Waals surface area contributed by atoms with E-state index in [9.17, 15) is 17.6 Å². The minimum absolute atomic E-state index is 0.00288. The number of carbonyl (C=O) groups excluding carboxylic acids is 1. The zero-order chi connectivity index (χ0) is 22.7. The minimum Gasteiger partial charge on any atom is -0.496 e. The summed E-state index contributed by atoms with van der Waals surface area (Å²) in [6.45, 7) is 0. The second-order valence-electron chi connectivity index (χ2n) is 6.99. The third kappa shape index (κ3) is 4.55. The van der Waals surface area contributed by atoms with E-state index in [0.29, 0.717) is 17.0 Å². The summed E-state index contributed by atoms with van der Waals surface area (Å²) in [5.74, 6) is -0.410. The van der Waals surface area contributed by atoms with Crippen molar-refractivity contribution in [2.24, 2.45) is 0 Å². The Morgan fingerprint density at radius 2 is 1.44 bits per heavy atom. The van der Waals surface area contributed by atoms with Gasteiger partial charge < -0.3 is 10.1 Å². The van der Waals surface area contributed by atoms with Crippen molar-refractivity contribution >= 4 is 38.1 Å². The van der Waals surface area contributed by atoms with E-state index in [4.69, 9.17) is 4.74 Å². The van der Waals surface area contributed by atoms with Crippen molar-refractivity contribution in [3.63, 3.8) is 0 Å². The number of hydrogen-bond acceptors (Lipinski definition) is 4. The minimum atomic E-state index is -3.86. The predicted octanol–water partition coefficient (Wildman–Crippen LogP) is 5.04. The van der Waals surface area contributed by atoms with Gasteiger partial charge in [0.05, 0.1) is 17.6 Å². The highest BCUT2D eigenvalue weighted by Crippen LogP contribution is 2.27. The lowest BCUT2D eigenvalue weighted by Gasteiger charge is -2.12. The molecule has 32 heavy (non-hydrogen) atoms. The van der Waals surface area contributed by atoms with Gasteiger partial charge in [-0.25, -0.2) is 12.8 Å². The SMILES string of the molecule is COc1cc2ccccc2cc1C(=O)Nc1ccc(S(=O)(=O)Nc2ccc(F)cc2)cc1. The molecule has 1 amide bonds. The van der Waals surface area contributed by atoms with Crippen LogP contribution >= 0.6 is 0 Å². The van der Waals surface area contributed by atoms with E-state index in [0.717, 1.165) is 22.9 Å². The second-order valence-corrected chi connectivity index (χ2v) is 8.67. The maximum atomic E-state index is 13.0. The smallest absolute Gasteiger partial charge is 0.261 e. The summed E-state index contributed by atoms with van der Waals surface area (Å²) in [5, 5.41) is 4.60. The molecule has 2 N–H and O–H groups in total. The lowest BCUT2D eigenvalue weighted by Crippen LogP contribution is -2.15. The van der Waals surface area contributed by atoms with E-state index in [1.165, 1.54) is 43.5 Å². The summed E-state index contributed by atoms with van der Waals surface area (Å²) in [4.78, 5) is 12.8. The number of amides is 1. The standard InChI is InChI=1S/C24H19FN2O4S/c1-31-23-15-17-5-3-2-4-16(17)14-22(23)24(28)26-19-10-12-21(13-11-19)32(29,30)27-20-8-6-18(25)7-9-20/h2-15,27H,1H3,(H,26,28). The van der Waals surface area contributed by atoms with Gasteiger partial charge in [0.2, 0.25) is 0 Å². The Morgan fingerprint density at radius 1 is 0.844 bits per heavy atom. The van der Waals surface area contributed by atoms with E-state index in [2.05, 4.69) is 10.0 Å². The molecule has 162 valence electrons. The highest BCUT2D eigenvalue weighted by Gasteiger charge is 2.16. The van der Waals surface area contributed by atoms with Crippen LogP contribution in [-0.2, 0) is 10.0 Å². The maximum absolute atomic E-state index is 13.0. The van der Waals surface area contributed by atoms with Crippen molar-refractivity contribution < 1.29 is 22.3 Å². The molecule has 0 bridgehead atoms. The quantitative estimate of drug-likeness (QED) is 0.431. The molecule has 0 saturated carbocycles. The van der Waals surface area contributed by atoms with Gasteiger partial charge in [-0.05, 0) is 71.4 Å². The molecule has 0 fully saturated rings. The Balaban J connectivity index is 1.53. The zero-order valence-electron chi connectivity index (χ0n) is 17.0. The molecule has 0 heterocycles. The number of anilines is 2. The summed E-state index contributed by atoms with van der Waals surface area (Å²) >= 11 is 0. The molecule has 8 heteroatoms. The molecule has 0 aliphatic carbocycles. The average molecular weight is 450 g/mol. The van der Waals surface area contributed by atoms with Crippen LogP contribution in [0.4, 0.5) is 15.8 Å². The Bertz CT molecular complexity index is 1390. The van der Waals surface area contributed by atoms with Crippen LogP contribution in [0.25, 0.3) is 10.8 Å². The lowest BCUT2D eigenvalue weighted by molar-refractivity contribution is 0.102.